The highest BCUT2D eigenvalue weighted by Crippen LogP contribution is 2.24. The quantitative estimate of drug-likeness (QED) is 0.773. The number of nitriles is 1. The van der Waals surface area contributed by atoms with E-state index >= 15 is 0 Å². The summed E-state index contributed by atoms with van der Waals surface area (Å²) in [6.45, 7) is 2.11. The molecule has 0 saturated heterocycles. The predicted octanol–water partition coefficient (Wildman–Crippen LogP) is 4.48. The van der Waals surface area contributed by atoms with Gasteiger partial charge in [-0.2, -0.15) is 5.26 Å². The molecule has 0 unspecified atom stereocenters. The van der Waals surface area contributed by atoms with Crippen LogP contribution in [0.15, 0.2) is 36.4 Å². The Morgan fingerprint density at radius 3 is 2.75 bits per heavy atom. The first kappa shape index (κ1) is 14.5. The van der Waals surface area contributed by atoms with Gasteiger partial charge >= 0.3 is 0 Å². The molecular formula is C16H13BrFNO. The van der Waals surface area contributed by atoms with Crippen LogP contribution in [0.25, 0.3) is 0 Å². The Hall–Kier alpha value is -1.86. The smallest absolute Gasteiger partial charge is 0.147 e. The van der Waals surface area contributed by atoms with Gasteiger partial charge in [0.25, 0.3) is 0 Å². The molecule has 0 amide bonds. The molecule has 0 saturated carbocycles. The fourth-order valence-electron chi connectivity index (χ4n) is 1.89. The van der Waals surface area contributed by atoms with Crippen LogP contribution in [0.5, 0.6) is 5.75 Å². The molecule has 0 radical (unpaired) electrons. The zero-order valence-corrected chi connectivity index (χ0v) is 12.6. The van der Waals surface area contributed by atoms with E-state index in [1.807, 2.05) is 31.2 Å². The summed E-state index contributed by atoms with van der Waals surface area (Å²) in [4.78, 5) is 0. The van der Waals surface area contributed by atoms with Crippen molar-refractivity contribution in [3.63, 3.8) is 0 Å². The van der Waals surface area contributed by atoms with Gasteiger partial charge in [0.05, 0.1) is 5.56 Å². The molecule has 0 fully saturated rings. The third-order valence-electron chi connectivity index (χ3n) is 2.94. The average molecular weight is 334 g/mol. The molecule has 0 aromatic heterocycles. The van der Waals surface area contributed by atoms with Crippen LogP contribution in [0.3, 0.4) is 0 Å². The van der Waals surface area contributed by atoms with Gasteiger partial charge in [-0.3, -0.25) is 0 Å². The van der Waals surface area contributed by atoms with Crippen LogP contribution in [-0.4, -0.2) is 0 Å². The van der Waals surface area contributed by atoms with Gasteiger partial charge in [0.2, 0.25) is 0 Å². The van der Waals surface area contributed by atoms with Gasteiger partial charge in [0, 0.05) is 16.5 Å². The number of hydrogen-bond acceptors (Lipinski definition) is 2. The van der Waals surface area contributed by atoms with E-state index < -0.39 is 5.82 Å². The Morgan fingerprint density at radius 2 is 2.05 bits per heavy atom. The van der Waals surface area contributed by atoms with E-state index in [0.717, 1.165) is 11.1 Å². The van der Waals surface area contributed by atoms with Crippen LogP contribution in [0, 0.1) is 24.1 Å². The fraction of sp³-hybridized carbons (Fsp3) is 0.188. The van der Waals surface area contributed by atoms with Gasteiger partial charge in [-0.25, -0.2) is 4.39 Å². The molecule has 0 heterocycles. The second-order valence-corrected chi connectivity index (χ2v) is 4.98. The minimum absolute atomic E-state index is 0.0377. The van der Waals surface area contributed by atoms with Crippen LogP contribution in [0.2, 0.25) is 0 Å². The van der Waals surface area contributed by atoms with Crippen LogP contribution in [-0.2, 0) is 11.9 Å². The maximum absolute atomic E-state index is 13.9. The summed E-state index contributed by atoms with van der Waals surface area (Å²) in [5.74, 6) is 0.205. The van der Waals surface area contributed by atoms with Crippen LogP contribution in [0.4, 0.5) is 4.39 Å². The first-order chi connectivity index (χ1) is 9.65. The van der Waals surface area contributed by atoms with Crippen molar-refractivity contribution in [2.45, 2.75) is 18.9 Å². The van der Waals surface area contributed by atoms with E-state index in [1.165, 1.54) is 6.07 Å². The highest BCUT2D eigenvalue weighted by Gasteiger charge is 2.09. The maximum atomic E-state index is 13.9. The summed E-state index contributed by atoms with van der Waals surface area (Å²) in [6.07, 6.45) is 0. The van der Waals surface area contributed by atoms with Crippen molar-refractivity contribution in [3.8, 4) is 11.8 Å². The monoisotopic (exact) mass is 333 g/mol. The highest BCUT2D eigenvalue weighted by molar-refractivity contribution is 9.08. The van der Waals surface area contributed by atoms with E-state index in [9.17, 15) is 4.39 Å². The number of nitrogens with zero attached hydrogens (tertiary/aromatic N) is 1. The van der Waals surface area contributed by atoms with Crippen LogP contribution < -0.4 is 4.74 Å². The second kappa shape index (κ2) is 6.53. The molecule has 2 aromatic rings. The number of benzene rings is 2. The first-order valence-corrected chi connectivity index (χ1v) is 7.23. The van der Waals surface area contributed by atoms with Gasteiger partial charge in [0.1, 0.15) is 24.2 Å². The van der Waals surface area contributed by atoms with Gasteiger partial charge in [-0.05, 0) is 19.1 Å². The molecule has 4 heteroatoms. The van der Waals surface area contributed by atoms with Crippen molar-refractivity contribution in [3.05, 3.63) is 64.5 Å². The van der Waals surface area contributed by atoms with Crippen molar-refractivity contribution >= 4 is 15.9 Å². The minimum atomic E-state index is -0.512. The van der Waals surface area contributed by atoms with Crippen molar-refractivity contribution in [1.82, 2.24) is 0 Å². The molecule has 0 N–H and O–H groups in total. The van der Waals surface area contributed by atoms with Crippen molar-refractivity contribution in [1.29, 1.82) is 5.26 Å². The molecule has 0 spiro atoms. The summed E-state index contributed by atoms with van der Waals surface area (Å²) in [6, 6.07) is 12.4. The van der Waals surface area contributed by atoms with Crippen molar-refractivity contribution < 1.29 is 9.13 Å². The molecule has 0 aliphatic heterocycles. The third-order valence-corrected chi connectivity index (χ3v) is 3.55. The summed E-state index contributed by atoms with van der Waals surface area (Å²) in [5.41, 5.74) is 2.58. The van der Waals surface area contributed by atoms with Gasteiger partial charge in [0.15, 0.2) is 0 Å². The molecule has 0 aliphatic carbocycles. The van der Waals surface area contributed by atoms with Gasteiger partial charge in [-0.1, -0.05) is 45.8 Å². The minimum Gasteiger partial charge on any atom is -0.488 e. The van der Waals surface area contributed by atoms with Crippen molar-refractivity contribution in [2.24, 2.45) is 0 Å². The maximum Gasteiger partial charge on any atom is 0.147 e. The zero-order valence-electron chi connectivity index (χ0n) is 11.0. The number of hydrogen-bond donors (Lipinski definition) is 0. The van der Waals surface area contributed by atoms with Gasteiger partial charge < -0.3 is 4.74 Å². The highest BCUT2D eigenvalue weighted by atomic mass is 79.9. The molecule has 0 atom stereocenters. The molecule has 102 valence electrons. The lowest BCUT2D eigenvalue weighted by Gasteiger charge is -2.11. The van der Waals surface area contributed by atoms with Crippen LogP contribution in [0.1, 0.15) is 22.3 Å². The SMILES string of the molecule is Cc1ccc(OCc2cccc(C#N)c2F)c(CBr)c1. The topological polar surface area (TPSA) is 33.0 Å². The lowest BCUT2D eigenvalue weighted by molar-refractivity contribution is 0.297. The third kappa shape index (κ3) is 3.17. The molecular weight excluding hydrogens is 321 g/mol. The Morgan fingerprint density at radius 1 is 1.25 bits per heavy atom. The Kier molecular flexibility index (Phi) is 4.75. The first-order valence-electron chi connectivity index (χ1n) is 6.11. The second-order valence-electron chi connectivity index (χ2n) is 4.42. The molecule has 20 heavy (non-hydrogen) atoms. The summed E-state index contributed by atoms with van der Waals surface area (Å²) in [7, 11) is 0. The number of ether oxygens (including phenoxy) is 1. The van der Waals surface area contributed by atoms with E-state index in [4.69, 9.17) is 10.00 Å². The molecule has 0 aliphatic rings. The number of rotatable bonds is 4. The molecule has 2 rings (SSSR count). The van der Waals surface area contributed by atoms with Gasteiger partial charge in [-0.15, -0.1) is 0 Å². The number of alkyl halides is 1. The largest absolute Gasteiger partial charge is 0.488 e. The lowest BCUT2D eigenvalue weighted by atomic mass is 10.1. The standard InChI is InChI=1S/C16H13BrFNO/c1-11-5-6-15(14(7-11)8-17)20-10-13-4-2-3-12(9-19)16(13)18/h2-7H,8,10H2,1H3. The Bertz CT molecular complexity index is 664. The predicted molar refractivity (Wildman–Crippen MR) is 79.3 cm³/mol. The number of aryl methyl sites for hydroxylation is 1. The molecule has 0 bridgehead atoms. The normalized spacial score (nSPS) is 10.1. The van der Waals surface area contributed by atoms with E-state index in [1.54, 1.807) is 12.1 Å². The summed E-state index contributed by atoms with van der Waals surface area (Å²) < 4.78 is 19.6. The Balaban J connectivity index is 2.19. The van der Waals surface area contributed by atoms with E-state index in [2.05, 4.69) is 15.9 Å². The van der Waals surface area contributed by atoms with E-state index in [-0.39, 0.29) is 12.2 Å². The van der Waals surface area contributed by atoms with Crippen molar-refractivity contribution in [2.75, 3.05) is 0 Å². The summed E-state index contributed by atoms with van der Waals surface area (Å²) >= 11 is 3.41. The fourth-order valence-corrected chi connectivity index (χ4v) is 2.32. The molecule has 2 nitrogen and oxygen atoms in total. The van der Waals surface area contributed by atoms with E-state index in [0.29, 0.717) is 16.6 Å². The molecule has 2 aromatic carbocycles. The summed E-state index contributed by atoms with van der Waals surface area (Å²) in [5, 5.41) is 9.48. The Labute approximate surface area is 125 Å². The lowest BCUT2D eigenvalue weighted by Crippen LogP contribution is -2.02. The number of halogens is 2. The van der Waals surface area contributed by atoms with Crippen LogP contribution >= 0.6 is 15.9 Å². The average Bonchev–Trinajstić information content (AvgIpc) is 2.47. The zero-order chi connectivity index (χ0) is 14.5.